The normalized spacial score (nSPS) is 24.6. The van der Waals surface area contributed by atoms with Crippen LogP contribution in [0.1, 0.15) is 54.2 Å². The van der Waals surface area contributed by atoms with Gasteiger partial charge in [-0.3, -0.25) is 9.78 Å². The number of nitrogens with zero attached hydrogens (tertiary/aromatic N) is 2. The Morgan fingerprint density at radius 3 is 2.27 bits per heavy atom. The molecule has 14 heteroatoms. The van der Waals surface area contributed by atoms with Gasteiger partial charge in [0, 0.05) is 59.4 Å². The number of fused-ring (bicyclic) bond motifs is 1. The lowest BCUT2D eigenvalue weighted by Crippen LogP contribution is -3.02. The summed E-state index contributed by atoms with van der Waals surface area (Å²) in [4.78, 5) is 19.5. The average Bonchev–Trinajstić information content (AvgIpc) is 3.36. The number of halogens is 7. The third-order valence-corrected chi connectivity index (χ3v) is 11.8. The number of benzene rings is 2. The Bertz CT molecular complexity index is 1900. The number of pyridine rings is 1. The third kappa shape index (κ3) is 6.21. The highest BCUT2D eigenvalue weighted by molar-refractivity contribution is 14.1. The van der Waals surface area contributed by atoms with Gasteiger partial charge in [0.1, 0.15) is 35.9 Å². The van der Waals surface area contributed by atoms with E-state index in [2.05, 4.69) is 27.6 Å². The van der Waals surface area contributed by atoms with Crippen molar-refractivity contribution < 1.29 is 49.5 Å². The zero-order valence-electron chi connectivity index (χ0n) is 25.6. The van der Waals surface area contributed by atoms with E-state index in [1.807, 2.05) is 43.3 Å². The van der Waals surface area contributed by atoms with Crippen molar-refractivity contribution in [2.75, 3.05) is 7.05 Å². The molecule has 0 spiro atoms. The smallest absolute Gasteiger partial charge is 0.291 e. The van der Waals surface area contributed by atoms with Gasteiger partial charge in [-0.25, -0.2) is 10.1 Å². The number of rotatable bonds is 6. The van der Waals surface area contributed by atoms with E-state index in [-0.39, 0.29) is 36.3 Å². The maximum Gasteiger partial charge on any atom is 0.416 e. The van der Waals surface area contributed by atoms with Gasteiger partial charge in [0.25, 0.3) is 11.0 Å². The van der Waals surface area contributed by atoms with E-state index in [0.29, 0.717) is 5.57 Å². The Kier molecular flexibility index (Phi) is 8.89. The van der Waals surface area contributed by atoms with Crippen LogP contribution in [-0.2, 0) is 23.3 Å². The molecule has 2 heterocycles. The van der Waals surface area contributed by atoms with Crippen molar-refractivity contribution in [2.45, 2.75) is 55.9 Å². The number of hydrogen-bond donors (Lipinski definition) is 2. The Balaban J connectivity index is 1.41. The van der Waals surface area contributed by atoms with E-state index in [4.69, 9.17) is 0 Å². The van der Waals surface area contributed by atoms with Crippen LogP contribution in [0, 0.1) is 8.99 Å². The predicted molar refractivity (Wildman–Crippen MR) is 173 cm³/mol. The zero-order chi connectivity index (χ0) is 34.8. The van der Waals surface area contributed by atoms with Crippen molar-refractivity contribution in [1.82, 2.24) is 4.98 Å². The molecule has 3 aromatic rings. The van der Waals surface area contributed by atoms with Crippen molar-refractivity contribution in [1.29, 1.82) is 0 Å². The second-order valence-electron chi connectivity index (χ2n) is 12.4. The van der Waals surface area contributed by atoms with Gasteiger partial charge in [-0.15, -0.1) is 0 Å². The van der Waals surface area contributed by atoms with Gasteiger partial charge in [-0.05, 0) is 89.5 Å². The molecule has 2 N–H and O–H groups in total. The maximum absolute atomic E-state index is 14.5. The van der Waals surface area contributed by atoms with Crippen LogP contribution in [0.3, 0.4) is 0 Å². The number of hydrogen-bond acceptors (Lipinski definition) is 4. The third-order valence-electron chi connectivity index (χ3n) is 9.44. The first kappa shape index (κ1) is 34.7. The highest BCUT2D eigenvalue weighted by Crippen LogP contribution is 2.53. The Morgan fingerprint density at radius 2 is 1.65 bits per heavy atom. The van der Waals surface area contributed by atoms with E-state index in [0.717, 1.165) is 73.7 Å². The summed E-state index contributed by atoms with van der Waals surface area (Å²) in [6.07, 6.45) is -3.96. The molecule has 1 aromatic heterocycles. The fourth-order valence-electron chi connectivity index (χ4n) is 7.00. The van der Waals surface area contributed by atoms with E-state index in [1.165, 1.54) is 7.05 Å². The highest BCUT2D eigenvalue weighted by Gasteiger charge is 2.56. The molecule has 6 rings (SSSR count). The van der Waals surface area contributed by atoms with Crippen molar-refractivity contribution in [3.05, 3.63) is 122 Å². The minimum Gasteiger partial charge on any atom is -0.291 e. The molecule has 48 heavy (non-hydrogen) atoms. The van der Waals surface area contributed by atoms with Crippen molar-refractivity contribution in [3.8, 4) is 0 Å². The first-order valence-corrected chi connectivity index (χ1v) is 17.1. The second kappa shape index (κ2) is 12.3. The number of ketones is 1. The molecule has 0 saturated heterocycles. The standard InChI is InChI=1S/C34H29F6IN3O3S/c1-20-15-21-18-32(31(45)29-16-24(13-14-42-29)34(38,39)40)19-27(44(2,46)48(47)28-11-4-22(5-12-28)33(35,36)37)10-3-23(32)17-30(21)43(20)26-8-6-25(41)7-9-26/h4-9,11-17,27,46H,3,10,18-19H2,1-2H3/q+1/p+1. The largest absolute Gasteiger partial charge is 0.416 e. The summed E-state index contributed by atoms with van der Waals surface area (Å²) in [6.45, 7) is 1.95. The van der Waals surface area contributed by atoms with Crippen molar-refractivity contribution in [2.24, 2.45) is 5.41 Å². The Morgan fingerprint density at radius 1 is 1.00 bits per heavy atom. The number of alkyl halides is 6. The number of carbonyl (C=O) groups is 1. The number of Topliss-reactive ketones (excluding diaryl/α,β-unsaturated/α-hetero) is 1. The quantitative estimate of drug-likeness (QED) is 0.0882. The molecule has 2 aromatic carbocycles. The number of hydroxylamine groups is 2. The van der Waals surface area contributed by atoms with Crippen LogP contribution in [0.15, 0.2) is 106 Å². The lowest BCUT2D eigenvalue weighted by atomic mass is 9.60. The highest BCUT2D eigenvalue weighted by atomic mass is 127. The minimum absolute atomic E-state index is 0.0472. The van der Waals surface area contributed by atoms with Gasteiger partial charge >= 0.3 is 12.4 Å². The molecule has 3 aliphatic rings. The molecule has 0 bridgehead atoms. The summed E-state index contributed by atoms with van der Waals surface area (Å²) in [6, 6.07) is 12.3. The molecule has 1 fully saturated rings. The van der Waals surface area contributed by atoms with Gasteiger partial charge in [-0.2, -0.15) is 30.6 Å². The van der Waals surface area contributed by atoms with Crippen LogP contribution in [0.5, 0.6) is 0 Å². The molecule has 1 aliphatic heterocycles. The van der Waals surface area contributed by atoms with Crippen LogP contribution in [0.4, 0.5) is 32.0 Å². The molecule has 252 valence electrons. The minimum atomic E-state index is -4.71. The molecule has 0 amide bonds. The SMILES string of the molecule is CC1=CC2=C(C=C3CCC([N+](C)(O)S(=O)c4ccc(C(F)(F)F)cc4)CC3(C(=O)c3cc(C(F)(F)F)ccn3)C2)[NH+]1c1ccc(I)cc1. The predicted octanol–water partition coefficient (Wildman–Crippen LogP) is 7.72. The lowest BCUT2D eigenvalue weighted by Gasteiger charge is -2.46. The zero-order valence-corrected chi connectivity index (χ0v) is 28.6. The fraction of sp³-hybridized carbons (Fsp3) is 0.294. The van der Waals surface area contributed by atoms with Crippen LogP contribution < -0.4 is 4.90 Å². The number of carbonyl (C=O) groups excluding carboxylic acids is 1. The van der Waals surface area contributed by atoms with E-state index < -0.39 is 55.8 Å². The van der Waals surface area contributed by atoms with E-state index >= 15 is 0 Å². The van der Waals surface area contributed by atoms with Crippen molar-refractivity contribution >= 4 is 45.0 Å². The molecular weight excluding hydrogens is 771 g/mol. The fourth-order valence-corrected chi connectivity index (χ4v) is 8.61. The molecular formula is C34H30F6IN3O3S+2. The first-order chi connectivity index (χ1) is 22.4. The van der Waals surface area contributed by atoms with Crippen molar-refractivity contribution in [3.63, 3.8) is 0 Å². The number of aromatic nitrogens is 1. The summed E-state index contributed by atoms with van der Waals surface area (Å²) < 4.78 is 94.3. The maximum atomic E-state index is 14.5. The summed E-state index contributed by atoms with van der Waals surface area (Å²) in [5.41, 5.74) is 0.563. The summed E-state index contributed by atoms with van der Waals surface area (Å²) in [7, 11) is -1.00. The molecule has 2 aliphatic carbocycles. The number of allylic oxidation sites excluding steroid dienone is 5. The Hall–Kier alpha value is -3.18. The molecule has 5 atom stereocenters. The summed E-state index contributed by atoms with van der Waals surface area (Å²) in [5, 5.41) is 11.7. The summed E-state index contributed by atoms with van der Waals surface area (Å²) in [5.74, 6) is -0.648. The van der Waals surface area contributed by atoms with Gasteiger partial charge < -0.3 is 0 Å². The monoisotopic (exact) mass is 801 g/mol. The molecule has 5 unspecified atom stereocenters. The van der Waals surface area contributed by atoms with Crippen LogP contribution >= 0.6 is 22.6 Å². The lowest BCUT2D eigenvalue weighted by molar-refractivity contribution is -1.00. The average molecular weight is 802 g/mol. The molecule has 6 nitrogen and oxygen atoms in total. The number of quaternary nitrogens is 2. The topological polar surface area (TPSA) is 71.7 Å². The first-order valence-electron chi connectivity index (χ1n) is 14.9. The van der Waals surface area contributed by atoms with Crippen LogP contribution in [0.2, 0.25) is 0 Å². The van der Waals surface area contributed by atoms with E-state index in [9.17, 15) is 40.6 Å². The van der Waals surface area contributed by atoms with Gasteiger partial charge in [-0.1, -0.05) is 4.05 Å². The summed E-state index contributed by atoms with van der Waals surface area (Å²) >= 11 is 2.22. The van der Waals surface area contributed by atoms with Gasteiger partial charge in [0.05, 0.1) is 21.4 Å². The van der Waals surface area contributed by atoms with Crippen LogP contribution in [0.25, 0.3) is 0 Å². The van der Waals surface area contributed by atoms with Gasteiger partial charge in [0.2, 0.25) is 0 Å². The number of nitrogens with one attached hydrogen (secondary N) is 1. The van der Waals surface area contributed by atoms with E-state index in [1.54, 1.807) is 0 Å². The molecule has 0 radical (unpaired) electrons. The molecule has 1 saturated carbocycles. The van der Waals surface area contributed by atoms with Gasteiger partial charge in [0.15, 0.2) is 5.78 Å². The Labute approximate surface area is 288 Å². The van der Waals surface area contributed by atoms with Crippen LogP contribution in [-0.4, -0.2) is 37.3 Å². The second-order valence-corrected chi connectivity index (χ2v) is 15.4.